The van der Waals surface area contributed by atoms with Crippen molar-refractivity contribution in [2.75, 3.05) is 6.61 Å². The number of nitrogens with one attached hydrogen (secondary N) is 1. The Morgan fingerprint density at radius 2 is 2.00 bits per heavy atom. The number of carbonyl (C=O) groups excluding carboxylic acids is 1. The van der Waals surface area contributed by atoms with Crippen molar-refractivity contribution in [3.63, 3.8) is 0 Å². The van der Waals surface area contributed by atoms with Crippen molar-refractivity contribution in [2.24, 2.45) is 22.7 Å². The first-order chi connectivity index (χ1) is 11.3. The lowest BCUT2D eigenvalue weighted by Gasteiger charge is -2.53. The number of amides is 1. The van der Waals surface area contributed by atoms with Crippen LogP contribution in [-0.4, -0.2) is 18.6 Å². The highest BCUT2D eigenvalue weighted by Gasteiger charge is 2.68. The van der Waals surface area contributed by atoms with Gasteiger partial charge in [0.25, 0.3) is 0 Å². The average Bonchev–Trinajstić information content (AvgIpc) is 3.01. The first-order valence-corrected chi connectivity index (χ1v) is 9.78. The molecule has 3 aliphatic rings. The summed E-state index contributed by atoms with van der Waals surface area (Å²) >= 11 is 3.52. The monoisotopic (exact) mass is 391 g/mol. The summed E-state index contributed by atoms with van der Waals surface area (Å²) in [5.41, 5.74) is 1.63. The highest BCUT2D eigenvalue weighted by atomic mass is 79.9. The molecule has 1 aromatic carbocycles. The van der Waals surface area contributed by atoms with Crippen LogP contribution in [0.1, 0.15) is 51.7 Å². The van der Waals surface area contributed by atoms with E-state index in [0.717, 1.165) is 17.5 Å². The molecule has 4 rings (SSSR count). The van der Waals surface area contributed by atoms with Gasteiger partial charge in [-0.05, 0) is 59.6 Å². The van der Waals surface area contributed by atoms with Crippen LogP contribution in [0.5, 0.6) is 0 Å². The summed E-state index contributed by atoms with van der Waals surface area (Å²) in [6.07, 6.45) is 3.66. The van der Waals surface area contributed by atoms with E-state index < -0.39 is 0 Å². The third-order valence-corrected chi connectivity index (χ3v) is 7.58. The Morgan fingerprint density at radius 3 is 2.67 bits per heavy atom. The van der Waals surface area contributed by atoms with E-state index in [1.165, 1.54) is 18.4 Å². The molecule has 0 aromatic heterocycles. The lowest BCUT2D eigenvalue weighted by molar-refractivity contribution is -0.135. The molecular formula is C20H26BrNO2. The number of fused-ring (bicyclic) bond motifs is 1. The molecule has 130 valence electrons. The van der Waals surface area contributed by atoms with Gasteiger partial charge in [0.2, 0.25) is 5.91 Å². The Hall–Kier alpha value is -0.870. The number of halogens is 1. The second-order valence-electron chi connectivity index (χ2n) is 8.52. The fraction of sp³-hybridized carbons (Fsp3) is 0.650. The van der Waals surface area contributed by atoms with Gasteiger partial charge in [0.05, 0.1) is 6.10 Å². The molecule has 24 heavy (non-hydrogen) atoms. The van der Waals surface area contributed by atoms with E-state index in [0.29, 0.717) is 11.8 Å². The molecule has 1 aromatic rings. The maximum Gasteiger partial charge on any atom is 0.217 e. The van der Waals surface area contributed by atoms with E-state index in [4.69, 9.17) is 4.74 Å². The number of hydrogen-bond acceptors (Lipinski definition) is 2. The zero-order valence-corrected chi connectivity index (χ0v) is 16.2. The molecule has 3 nitrogen and oxygen atoms in total. The molecule has 3 fully saturated rings. The first kappa shape index (κ1) is 16.6. The van der Waals surface area contributed by atoms with E-state index >= 15 is 0 Å². The van der Waals surface area contributed by atoms with Gasteiger partial charge in [-0.1, -0.05) is 41.9 Å². The number of carbonyl (C=O) groups is 1. The van der Waals surface area contributed by atoms with Crippen molar-refractivity contribution in [2.45, 2.75) is 52.2 Å². The molecule has 2 bridgehead atoms. The molecule has 1 N–H and O–H groups in total. The minimum atomic E-state index is 0.0976. The van der Waals surface area contributed by atoms with E-state index in [2.05, 4.69) is 59.4 Å². The van der Waals surface area contributed by atoms with E-state index in [1.54, 1.807) is 6.92 Å². The van der Waals surface area contributed by atoms with Crippen LogP contribution in [0.15, 0.2) is 28.7 Å². The third kappa shape index (κ3) is 2.29. The van der Waals surface area contributed by atoms with Crippen LogP contribution in [0.25, 0.3) is 0 Å². The van der Waals surface area contributed by atoms with Gasteiger partial charge in [-0.25, -0.2) is 0 Å². The van der Waals surface area contributed by atoms with Crippen molar-refractivity contribution in [3.8, 4) is 0 Å². The quantitative estimate of drug-likeness (QED) is 0.807. The second kappa shape index (κ2) is 5.57. The van der Waals surface area contributed by atoms with E-state index in [1.807, 2.05) is 0 Å². The largest absolute Gasteiger partial charge is 0.373 e. The van der Waals surface area contributed by atoms with Crippen molar-refractivity contribution in [3.05, 3.63) is 34.3 Å². The van der Waals surface area contributed by atoms with Gasteiger partial charge in [0.15, 0.2) is 0 Å². The molecule has 1 aliphatic heterocycles. The maximum atomic E-state index is 11.9. The Morgan fingerprint density at radius 1 is 1.29 bits per heavy atom. The standard InChI is InChI=1S/C20H26BrNO2/c1-12(23)22-18-19(2,3)14-10-16-17(13-4-6-15(21)7-5-13)24-9-8-20(16,18)11-14/h4-7,14,16-18H,8-11H2,1-3H3,(H,22,23)/t14-,16-,17-,18-,20?/m1/s1. The summed E-state index contributed by atoms with van der Waals surface area (Å²) in [5.74, 6) is 1.27. The lowest BCUT2D eigenvalue weighted by atomic mass is 9.59. The Balaban J connectivity index is 1.71. The molecule has 2 aliphatic carbocycles. The molecule has 2 saturated carbocycles. The van der Waals surface area contributed by atoms with E-state index in [9.17, 15) is 4.79 Å². The zero-order valence-electron chi connectivity index (χ0n) is 14.6. The molecular weight excluding hydrogens is 366 g/mol. The molecule has 0 radical (unpaired) electrons. The summed E-state index contributed by atoms with van der Waals surface area (Å²) in [7, 11) is 0. The van der Waals surface area contributed by atoms with Crippen LogP contribution in [-0.2, 0) is 9.53 Å². The number of benzene rings is 1. The first-order valence-electron chi connectivity index (χ1n) is 8.99. The number of rotatable bonds is 2. The fourth-order valence-electron chi connectivity index (χ4n) is 5.97. The van der Waals surface area contributed by atoms with Crippen LogP contribution in [0, 0.1) is 22.7 Å². The van der Waals surface area contributed by atoms with Gasteiger partial charge in [0.1, 0.15) is 0 Å². The van der Waals surface area contributed by atoms with Gasteiger partial charge < -0.3 is 10.1 Å². The number of ether oxygens (including phenoxy) is 1. The maximum absolute atomic E-state index is 11.9. The molecule has 1 amide bonds. The third-order valence-electron chi connectivity index (χ3n) is 7.05. The average molecular weight is 392 g/mol. The summed E-state index contributed by atoms with van der Waals surface area (Å²) in [4.78, 5) is 11.9. The topological polar surface area (TPSA) is 38.3 Å². The highest BCUT2D eigenvalue weighted by molar-refractivity contribution is 9.10. The summed E-state index contributed by atoms with van der Waals surface area (Å²) in [6.45, 7) is 7.12. The van der Waals surface area contributed by atoms with Crippen LogP contribution >= 0.6 is 15.9 Å². The molecule has 1 spiro atoms. The smallest absolute Gasteiger partial charge is 0.217 e. The number of hydrogen-bond donors (Lipinski definition) is 1. The van der Waals surface area contributed by atoms with Crippen molar-refractivity contribution < 1.29 is 9.53 Å². The lowest BCUT2D eigenvalue weighted by Crippen LogP contribution is -2.58. The van der Waals surface area contributed by atoms with Crippen LogP contribution < -0.4 is 5.32 Å². The van der Waals surface area contributed by atoms with Gasteiger partial charge in [-0.15, -0.1) is 0 Å². The Labute approximate surface area is 152 Å². The predicted molar refractivity (Wildman–Crippen MR) is 97.5 cm³/mol. The zero-order chi connectivity index (χ0) is 17.1. The van der Waals surface area contributed by atoms with Crippen LogP contribution in [0.4, 0.5) is 0 Å². The van der Waals surface area contributed by atoms with Gasteiger partial charge in [-0.3, -0.25) is 4.79 Å². The normalized spacial score (nSPS) is 39.5. The SMILES string of the molecule is CC(=O)N[C@@H]1C(C)(C)[C@@H]2C[C@@H]3[C@@H](c4ccc(Br)cc4)OCCC31C2. The second-order valence-corrected chi connectivity index (χ2v) is 9.44. The van der Waals surface area contributed by atoms with Gasteiger partial charge >= 0.3 is 0 Å². The van der Waals surface area contributed by atoms with Crippen LogP contribution in [0.2, 0.25) is 0 Å². The summed E-state index contributed by atoms with van der Waals surface area (Å²) < 4.78 is 7.36. The minimum absolute atomic E-state index is 0.0976. The summed E-state index contributed by atoms with van der Waals surface area (Å²) in [5, 5.41) is 3.33. The highest BCUT2D eigenvalue weighted by Crippen LogP contribution is 2.70. The molecule has 1 saturated heterocycles. The van der Waals surface area contributed by atoms with Crippen molar-refractivity contribution >= 4 is 21.8 Å². The molecule has 1 unspecified atom stereocenters. The van der Waals surface area contributed by atoms with E-state index in [-0.39, 0.29) is 28.9 Å². The van der Waals surface area contributed by atoms with Crippen LogP contribution in [0.3, 0.4) is 0 Å². The molecule has 4 heteroatoms. The minimum Gasteiger partial charge on any atom is -0.373 e. The van der Waals surface area contributed by atoms with Gasteiger partial charge in [-0.2, -0.15) is 0 Å². The van der Waals surface area contributed by atoms with Gasteiger partial charge in [0, 0.05) is 24.0 Å². The molecule has 5 atom stereocenters. The predicted octanol–water partition coefficient (Wildman–Crippen LogP) is 4.47. The molecule has 1 heterocycles. The van der Waals surface area contributed by atoms with Crippen molar-refractivity contribution in [1.29, 1.82) is 0 Å². The Bertz CT molecular complexity index is 656. The summed E-state index contributed by atoms with van der Waals surface area (Å²) in [6, 6.07) is 8.81. The van der Waals surface area contributed by atoms with Crippen molar-refractivity contribution in [1.82, 2.24) is 5.32 Å². The Kier molecular flexibility index (Phi) is 3.85. The fourth-order valence-corrected chi connectivity index (χ4v) is 6.24.